The van der Waals surface area contributed by atoms with Crippen molar-refractivity contribution in [3.8, 4) is 0 Å². The molecule has 128 valence electrons. The summed E-state index contributed by atoms with van der Waals surface area (Å²) in [5.41, 5.74) is 5.27. The molecule has 3 heterocycles. The highest BCUT2D eigenvalue weighted by Gasteiger charge is 2.34. The molecule has 0 spiro atoms. The molecule has 1 aliphatic heterocycles. The highest BCUT2D eigenvalue weighted by molar-refractivity contribution is 5.91. The van der Waals surface area contributed by atoms with Gasteiger partial charge < -0.3 is 10.6 Å². The first kappa shape index (κ1) is 16.3. The zero-order valence-electron chi connectivity index (χ0n) is 12.7. The predicted octanol–water partition coefficient (Wildman–Crippen LogP) is 2.24. The van der Waals surface area contributed by atoms with Gasteiger partial charge in [-0.05, 0) is 31.0 Å². The zero-order chi connectivity index (χ0) is 17.3. The Bertz CT molecular complexity index is 743. The van der Waals surface area contributed by atoms with Crippen LogP contribution in [0.1, 0.15) is 35.1 Å². The van der Waals surface area contributed by atoms with Crippen LogP contribution in [0.25, 0.3) is 0 Å². The van der Waals surface area contributed by atoms with E-state index >= 15 is 0 Å². The van der Waals surface area contributed by atoms with Gasteiger partial charge in [-0.3, -0.25) is 14.5 Å². The molecule has 2 aromatic rings. The van der Waals surface area contributed by atoms with Gasteiger partial charge in [0.25, 0.3) is 5.91 Å². The number of nitrogens with zero attached hydrogens (tertiary/aromatic N) is 4. The molecule has 6 nitrogen and oxygen atoms in total. The van der Waals surface area contributed by atoms with Crippen LogP contribution in [0.3, 0.4) is 0 Å². The zero-order valence-corrected chi connectivity index (χ0v) is 12.7. The van der Waals surface area contributed by atoms with Crippen LogP contribution in [0.4, 0.5) is 18.9 Å². The molecule has 1 fully saturated rings. The molecule has 0 radical (unpaired) electrons. The van der Waals surface area contributed by atoms with Crippen molar-refractivity contribution in [1.29, 1.82) is 0 Å². The Morgan fingerprint density at radius 2 is 2.12 bits per heavy atom. The SMILES string of the molecule is NC(=O)c1cc(N2CCCC(n3ccc(C(F)(F)F)n3)C2)ccn1. The number of hydrogen-bond donors (Lipinski definition) is 1. The number of carbonyl (C=O) groups is 1. The number of piperidine rings is 1. The summed E-state index contributed by atoms with van der Waals surface area (Å²) in [7, 11) is 0. The Labute approximate surface area is 136 Å². The monoisotopic (exact) mass is 339 g/mol. The van der Waals surface area contributed by atoms with Gasteiger partial charge in [0.15, 0.2) is 5.69 Å². The van der Waals surface area contributed by atoms with E-state index in [9.17, 15) is 18.0 Å². The minimum atomic E-state index is -4.44. The third kappa shape index (κ3) is 3.34. The molecule has 9 heteroatoms. The number of halogens is 3. The molecule has 0 aromatic carbocycles. The summed E-state index contributed by atoms with van der Waals surface area (Å²) in [5, 5.41) is 3.66. The Balaban J connectivity index is 1.78. The highest BCUT2D eigenvalue weighted by Crippen LogP contribution is 2.30. The number of aromatic nitrogens is 3. The third-order valence-corrected chi connectivity index (χ3v) is 4.03. The Kier molecular flexibility index (Phi) is 4.16. The lowest BCUT2D eigenvalue weighted by Gasteiger charge is -2.34. The quantitative estimate of drug-likeness (QED) is 0.930. The molecule has 0 bridgehead atoms. The van der Waals surface area contributed by atoms with Crippen LogP contribution in [-0.4, -0.2) is 33.8 Å². The summed E-state index contributed by atoms with van der Waals surface area (Å²) in [6, 6.07) is 4.16. The molecule has 1 unspecified atom stereocenters. The van der Waals surface area contributed by atoms with Gasteiger partial charge in [-0.25, -0.2) is 0 Å². The molecule has 3 rings (SSSR count). The number of pyridine rings is 1. The van der Waals surface area contributed by atoms with Crippen molar-refractivity contribution in [3.05, 3.63) is 42.0 Å². The minimum Gasteiger partial charge on any atom is -0.369 e. The number of anilines is 1. The Morgan fingerprint density at radius 1 is 1.33 bits per heavy atom. The topological polar surface area (TPSA) is 77.0 Å². The number of amides is 1. The predicted molar refractivity (Wildman–Crippen MR) is 80.5 cm³/mol. The van der Waals surface area contributed by atoms with Crippen LogP contribution in [0.2, 0.25) is 0 Å². The molecule has 2 aromatic heterocycles. The molecule has 1 saturated heterocycles. The summed E-state index contributed by atoms with van der Waals surface area (Å²) in [6.45, 7) is 1.24. The van der Waals surface area contributed by atoms with Gasteiger partial charge in [0.1, 0.15) is 5.69 Å². The number of carbonyl (C=O) groups excluding carboxylic acids is 1. The van der Waals surface area contributed by atoms with Crippen molar-refractivity contribution in [2.45, 2.75) is 25.1 Å². The molecule has 1 atom stereocenters. The normalized spacial score (nSPS) is 18.6. The summed E-state index contributed by atoms with van der Waals surface area (Å²) >= 11 is 0. The second-order valence-electron chi connectivity index (χ2n) is 5.68. The first-order chi connectivity index (χ1) is 11.3. The van der Waals surface area contributed by atoms with Crippen molar-refractivity contribution < 1.29 is 18.0 Å². The van der Waals surface area contributed by atoms with E-state index in [4.69, 9.17) is 5.73 Å². The van der Waals surface area contributed by atoms with E-state index in [0.29, 0.717) is 6.54 Å². The van der Waals surface area contributed by atoms with E-state index in [0.717, 1.165) is 31.1 Å². The van der Waals surface area contributed by atoms with Gasteiger partial charge in [-0.15, -0.1) is 0 Å². The van der Waals surface area contributed by atoms with Crippen LogP contribution in [-0.2, 0) is 6.18 Å². The molecular formula is C15H16F3N5O. The summed E-state index contributed by atoms with van der Waals surface area (Å²) in [5.74, 6) is -0.618. The fourth-order valence-electron chi connectivity index (χ4n) is 2.85. The van der Waals surface area contributed by atoms with Crippen LogP contribution in [0, 0.1) is 0 Å². The van der Waals surface area contributed by atoms with Gasteiger partial charge >= 0.3 is 6.18 Å². The lowest BCUT2D eigenvalue weighted by molar-refractivity contribution is -0.141. The van der Waals surface area contributed by atoms with Gasteiger partial charge in [-0.1, -0.05) is 0 Å². The number of alkyl halides is 3. The van der Waals surface area contributed by atoms with E-state index < -0.39 is 17.8 Å². The van der Waals surface area contributed by atoms with Crippen LogP contribution in [0.5, 0.6) is 0 Å². The molecule has 24 heavy (non-hydrogen) atoms. The molecule has 2 N–H and O–H groups in total. The van der Waals surface area contributed by atoms with Crippen LogP contribution in [0.15, 0.2) is 30.6 Å². The maximum atomic E-state index is 12.7. The molecule has 1 aliphatic rings. The number of hydrogen-bond acceptors (Lipinski definition) is 4. The first-order valence-corrected chi connectivity index (χ1v) is 7.48. The summed E-state index contributed by atoms with van der Waals surface area (Å²) in [4.78, 5) is 17.1. The molecule has 1 amide bonds. The van der Waals surface area contributed by atoms with Crippen LogP contribution < -0.4 is 10.6 Å². The average molecular weight is 339 g/mol. The number of primary amides is 1. The van der Waals surface area contributed by atoms with E-state index in [2.05, 4.69) is 10.1 Å². The second-order valence-corrected chi connectivity index (χ2v) is 5.68. The smallest absolute Gasteiger partial charge is 0.369 e. The minimum absolute atomic E-state index is 0.160. The molecule has 0 saturated carbocycles. The average Bonchev–Trinajstić information content (AvgIpc) is 3.05. The van der Waals surface area contributed by atoms with Gasteiger partial charge in [0.05, 0.1) is 6.04 Å². The van der Waals surface area contributed by atoms with Crippen molar-refractivity contribution >= 4 is 11.6 Å². The van der Waals surface area contributed by atoms with Gasteiger partial charge in [-0.2, -0.15) is 18.3 Å². The molecular weight excluding hydrogens is 323 g/mol. The van der Waals surface area contributed by atoms with E-state index in [1.54, 1.807) is 12.1 Å². The standard InChI is InChI=1S/C15H16F3N5O/c16-15(17,18)13-4-7-23(21-13)11-2-1-6-22(9-11)10-3-5-20-12(8-10)14(19)24/h3-5,7-8,11H,1-2,6,9H2,(H2,19,24). The van der Waals surface area contributed by atoms with Crippen LogP contribution >= 0.6 is 0 Å². The van der Waals surface area contributed by atoms with E-state index in [-0.39, 0.29) is 11.7 Å². The largest absolute Gasteiger partial charge is 0.435 e. The van der Waals surface area contributed by atoms with Crippen molar-refractivity contribution in [3.63, 3.8) is 0 Å². The summed E-state index contributed by atoms with van der Waals surface area (Å²) < 4.78 is 39.4. The maximum absolute atomic E-state index is 12.7. The fourth-order valence-corrected chi connectivity index (χ4v) is 2.85. The lowest BCUT2D eigenvalue weighted by Crippen LogP contribution is -2.37. The van der Waals surface area contributed by atoms with Crippen molar-refractivity contribution in [1.82, 2.24) is 14.8 Å². The maximum Gasteiger partial charge on any atom is 0.435 e. The summed E-state index contributed by atoms with van der Waals surface area (Å²) in [6.07, 6.45) is -0.0441. The van der Waals surface area contributed by atoms with E-state index in [1.165, 1.54) is 17.1 Å². The second kappa shape index (κ2) is 6.14. The Hall–Kier alpha value is -2.58. The Morgan fingerprint density at radius 3 is 2.79 bits per heavy atom. The van der Waals surface area contributed by atoms with Crippen molar-refractivity contribution in [2.75, 3.05) is 18.0 Å². The van der Waals surface area contributed by atoms with Crippen molar-refractivity contribution in [2.24, 2.45) is 5.73 Å². The first-order valence-electron chi connectivity index (χ1n) is 7.48. The fraction of sp³-hybridized carbons (Fsp3) is 0.400. The molecule has 0 aliphatic carbocycles. The van der Waals surface area contributed by atoms with E-state index in [1.807, 2.05) is 4.90 Å². The third-order valence-electron chi connectivity index (χ3n) is 4.03. The number of rotatable bonds is 3. The van der Waals surface area contributed by atoms with Gasteiger partial charge in [0, 0.05) is 31.2 Å². The lowest BCUT2D eigenvalue weighted by atomic mass is 10.1. The van der Waals surface area contributed by atoms with Gasteiger partial charge in [0.2, 0.25) is 0 Å². The number of nitrogens with two attached hydrogens (primary N) is 1. The highest BCUT2D eigenvalue weighted by atomic mass is 19.4.